The van der Waals surface area contributed by atoms with Gasteiger partial charge in [0.15, 0.2) is 0 Å². The summed E-state index contributed by atoms with van der Waals surface area (Å²) in [5.41, 5.74) is 3.59. The molecule has 3 aromatic rings. The van der Waals surface area contributed by atoms with E-state index in [9.17, 15) is 13.2 Å². The zero-order chi connectivity index (χ0) is 25.8. The lowest BCUT2D eigenvalue weighted by Gasteiger charge is -2.39. The van der Waals surface area contributed by atoms with Crippen molar-refractivity contribution in [2.75, 3.05) is 52.5 Å². The van der Waals surface area contributed by atoms with Gasteiger partial charge in [0.2, 0.25) is 10.0 Å². The summed E-state index contributed by atoms with van der Waals surface area (Å²) < 4.78 is 34.2. The van der Waals surface area contributed by atoms with E-state index < -0.39 is 10.0 Å². The Balaban J connectivity index is 1.34. The summed E-state index contributed by atoms with van der Waals surface area (Å²) in [5, 5.41) is 0. The lowest BCUT2D eigenvalue weighted by molar-refractivity contribution is 0.0302. The number of benzene rings is 3. The van der Waals surface area contributed by atoms with Crippen molar-refractivity contribution in [1.29, 1.82) is 0 Å². The van der Waals surface area contributed by atoms with Gasteiger partial charge in [0.05, 0.1) is 24.2 Å². The maximum absolute atomic E-state index is 13.6. The molecule has 5 rings (SSSR count). The molecule has 7 nitrogen and oxygen atoms in total. The lowest BCUT2D eigenvalue weighted by Crippen LogP contribution is -2.49. The van der Waals surface area contributed by atoms with Crippen LogP contribution in [0.25, 0.3) is 0 Å². The van der Waals surface area contributed by atoms with E-state index in [0.717, 1.165) is 5.56 Å². The monoisotopic (exact) mass is 519 g/mol. The van der Waals surface area contributed by atoms with Crippen LogP contribution >= 0.6 is 0 Å². The molecule has 0 unspecified atom stereocenters. The quantitative estimate of drug-likeness (QED) is 0.498. The molecule has 0 N–H and O–H groups in total. The van der Waals surface area contributed by atoms with E-state index in [1.54, 1.807) is 27.4 Å². The maximum Gasteiger partial charge on any atom is 0.254 e. The van der Waals surface area contributed by atoms with Gasteiger partial charge in [-0.3, -0.25) is 9.69 Å². The van der Waals surface area contributed by atoms with Gasteiger partial charge in [-0.05, 0) is 35.7 Å². The van der Waals surface area contributed by atoms with Gasteiger partial charge in [0.1, 0.15) is 0 Å². The van der Waals surface area contributed by atoms with Gasteiger partial charge in [0, 0.05) is 44.8 Å². The van der Waals surface area contributed by atoms with E-state index in [1.807, 2.05) is 43.3 Å². The second-order valence-corrected chi connectivity index (χ2v) is 11.5. The maximum atomic E-state index is 13.6. The van der Waals surface area contributed by atoms with Crippen LogP contribution in [0.4, 0.5) is 0 Å². The Morgan fingerprint density at radius 3 is 1.92 bits per heavy atom. The summed E-state index contributed by atoms with van der Waals surface area (Å²) in [6, 6.07) is 25.6. The predicted molar refractivity (Wildman–Crippen MR) is 143 cm³/mol. The van der Waals surface area contributed by atoms with Gasteiger partial charge in [-0.1, -0.05) is 66.7 Å². The molecule has 0 bridgehead atoms. The average molecular weight is 520 g/mol. The molecule has 0 saturated carbocycles. The number of amides is 1. The van der Waals surface area contributed by atoms with Gasteiger partial charge >= 0.3 is 0 Å². The molecule has 2 fully saturated rings. The van der Waals surface area contributed by atoms with E-state index in [-0.39, 0.29) is 16.8 Å². The first-order chi connectivity index (χ1) is 17.9. The van der Waals surface area contributed by atoms with Crippen molar-refractivity contribution in [2.45, 2.75) is 17.9 Å². The third kappa shape index (κ3) is 5.48. The topological polar surface area (TPSA) is 70.2 Å². The van der Waals surface area contributed by atoms with E-state index in [0.29, 0.717) is 58.0 Å². The van der Waals surface area contributed by atoms with Gasteiger partial charge in [-0.25, -0.2) is 8.42 Å². The third-order valence-corrected chi connectivity index (χ3v) is 9.14. The Morgan fingerprint density at radius 2 is 1.35 bits per heavy atom. The van der Waals surface area contributed by atoms with E-state index in [2.05, 4.69) is 29.2 Å². The molecule has 3 aromatic carbocycles. The Bertz CT molecular complexity index is 1280. The van der Waals surface area contributed by atoms with E-state index in [4.69, 9.17) is 4.74 Å². The Labute approximate surface area is 219 Å². The Kier molecular flexibility index (Phi) is 7.71. The SMILES string of the molecule is Cc1ccc(S(=O)(=O)N2CCN(C(c3ccccc3)c3ccccc3)CC2)cc1C(=O)N1CCOCC1. The van der Waals surface area contributed by atoms with Crippen LogP contribution in [0, 0.1) is 6.92 Å². The highest BCUT2D eigenvalue weighted by atomic mass is 32.2. The summed E-state index contributed by atoms with van der Waals surface area (Å²) in [5.74, 6) is -0.142. The molecule has 0 spiro atoms. The van der Waals surface area contributed by atoms with Crippen LogP contribution in [0.1, 0.15) is 33.1 Å². The Morgan fingerprint density at radius 1 is 0.784 bits per heavy atom. The van der Waals surface area contributed by atoms with Crippen molar-refractivity contribution >= 4 is 15.9 Å². The van der Waals surface area contributed by atoms with Crippen LogP contribution in [0.3, 0.4) is 0 Å². The zero-order valence-corrected chi connectivity index (χ0v) is 21.9. The summed E-state index contributed by atoms with van der Waals surface area (Å²) in [7, 11) is -3.73. The minimum Gasteiger partial charge on any atom is -0.378 e. The van der Waals surface area contributed by atoms with Crippen molar-refractivity contribution in [3.05, 3.63) is 101 Å². The first-order valence-corrected chi connectivity index (χ1v) is 14.2. The fraction of sp³-hybridized carbons (Fsp3) is 0.345. The van der Waals surface area contributed by atoms with Crippen molar-refractivity contribution in [3.63, 3.8) is 0 Å². The molecule has 0 atom stereocenters. The fourth-order valence-electron chi connectivity index (χ4n) is 5.16. The molecule has 2 heterocycles. The van der Waals surface area contributed by atoms with Gasteiger partial charge in [0.25, 0.3) is 5.91 Å². The van der Waals surface area contributed by atoms with Crippen molar-refractivity contribution < 1.29 is 17.9 Å². The number of carbonyl (C=O) groups excluding carboxylic acids is 1. The van der Waals surface area contributed by atoms with Gasteiger partial charge < -0.3 is 9.64 Å². The number of rotatable bonds is 6. The zero-order valence-electron chi connectivity index (χ0n) is 21.1. The number of hydrogen-bond acceptors (Lipinski definition) is 5. The van der Waals surface area contributed by atoms with Crippen LogP contribution in [0.5, 0.6) is 0 Å². The minimum absolute atomic E-state index is 0.0596. The number of aryl methyl sites for hydroxylation is 1. The largest absolute Gasteiger partial charge is 0.378 e. The minimum atomic E-state index is -3.73. The van der Waals surface area contributed by atoms with E-state index in [1.165, 1.54) is 11.1 Å². The first-order valence-electron chi connectivity index (χ1n) is 12.8. The second-order valence-electron chi connectivity index (χ2n) is 9.55. The average Bonchev–Trinajstić information content (AvgIpc) is 2.95. The summed E-state index contributed by atoms with van der Waals surface area (Å²) in [6.07, 6.45) is 0. The van der Waals surface area contributed by atoms with Crippen molar-refractivity contribution in [2.24, 2.45) is 0 Å². The van der Waals surface area contributed by atoms with Crippen LogP contribution in [-0.4, -0.2) is 80.9 Å². The number of piperazine rings is 1. The molecule has 0 aromatic heterocycles. The predicted octanol–water partition coefficient (Wildman–Crippen LogP) is 3.56. The van der Waals surface area contributed by atoms with E-state index >= 15 is 0 Å². The van der Waals surface area contributed by atoms with Crippen LogP contribution in [0.2, 0.25) is 0 Å². The van der Waals surface area contributed by atoms with Gasteiger partial charge in [-0.2, -0.15) is 4.31 Å². The number of hydrogen-bond donors (Lipinski definition) is 0. The fourth-order valence-corrected chi connectivity index (χ4v) is 6.61. The summed E-state index contributed by atoms with van der Waals surface area (Å²) in [4.78, 5) is 17.4. The molecule has 2 aliphatic rings. The summed E-state index contributed by atoms with van der Waals surface area (Å²) in [6.45, 7) is 5.87. The lowest BCUT2D eigenvalue weighted by atomic mass is 9.96. The normalized spacial score (nSPS) is 17.7. The number of nitrogens with zero attached hydrogens (tertiary/aromatic N) is 3. The highest BCUT2D eigenvalue weighted by Crippen LogP contribution is 2.31. The molecule has 1 amide bonds. The molecule has 2 saturated heterocycles. The van der Waals surface area contributed by atoms with Crippen LogP contribution in [0.15, 0.2) is 83.8 Å². The molecular weight excluding hydrogens is 486 g/mol. The third-order valence-electron chi connectivity index (χ3n) is 7.24. The molecule has 8 heteroatoms. The first kappa shape index (κ1) is 25.6. The van der Waals surface area contributed by atoms with Crippen LogP contribution in [-0.2, 0) is 14.8 Å². The molecule has 0 radical (unpaired) electrons. The second kappa shape index (κ2) is 11.1. The summed E-state index contributed by atoms with van der Waals surface area (Å²) >= 11 is 0. The van der Waals surface area contributed by atoms with Gasteiger partial charge in [-0.15, -0.1) is 0 Å². The number of morpholine rings is 1. The molecule has 194 valence electrons. The van der Waals surface area contributed by atoms with Crippen molar-refractivity contribution in [1.82, 2.24) is 14.1 Å². The molecule has 2 aliphatic heterocycles. The number of sulfonamides is 1. The standard InChI is InChI=1S/C29H33N3O4S/c1-23-12-13-26(22-27(23)29(33)31-18-20-36-21-19-31)37(34,35)32-16-14-30(15-17-32)28(24-8-4-2-5-9-24)25-10-6-3-7-11-25/h2-13,22,28H,14-21H2,1H3. The Hall–Kier alpha value is -3.04. The highest BCUT2D eigenvalue weighted by Gasteiger charge is 2.33. The molecule has 37 heavy (non-hydrogen) atoms. The molecule has 0 aliphatic carbocycles. The van der Waals surface area contributed by atoms with Crippen molar-refractivity contribution in [3.8, 4) is 0 Å². The number of ether oxygens (including phenoxy) is 1. The smallest absolute Gasteiger partial charge is 0.254 e. The number of carbonyl (C=O) groups is 1. The molecular formula is C29H33N3O4S. The van der Waals surface area contributed by atoms with Crippen LogP contribution < -0.4 is 0 Å². The highest BCUT2D eigenvalue weighted by molar-refractivity contribution is 7.89.